The third kappa shape index (κ3) is 3.73. The van der Waals surface area contributed by atoms with Gasteiger partial charge in [-0.25, -0.2) is 9.78 Å². The van der Waals surface area contributed by atoms with Crippen molar-refractivity contribution in [1.29, 1.82) is 0 Å². The van der Waals surface area contributed by atoms with E-state index in [0.717, 1.165) is 23.5 Å². The minimum Gasteiger partial charge on any atom is -0.364 e. The summed E-state index contributed by atoms with van der Waals surface area (Å²) in [4.78, 5) is 26.3. The summed E-state index contributed by atoms with van der Waals surface area (Å²) < 4.78 is 38.4. The normalized spacial score (nSPS) is 11.0. The van der Waals surface area contributed by atoms with Gasteiger partial charge in [0.05, 0.1) is 11.3 Å². The van der Waals surface area contributed by atoms with E-state index in [1.54, 1.807) is 0 Å². The molecule has 4 N–H and O–H groups in total. The van der Waals surface area contributed by atoms with Crippen LogP contribution in [0.15, 0.2) is 29.6 Å². The fraction of sp³-hybridized carbons (Fsp3) is 0.0833. The second kappa shape index (κ2) is 6.02. The van der Waals surface area contributed by atoms with Crippen molar-refractivity contribution in [1.82, 2.24) is 4.98 Å². The smallest absolute Gasteiger partial charge is 0.364 e. The lowest BCUT2D eigenvalue weighted by Gasteiger charge is -2.13. The number of amides is 3. The summed E-state index contributed by atoms with van der Waals surface area (Å²) >= 11 is 0.920. The van der Waals surface area contributed by atoms with Gasteiger partial charge < -0.3 is 11.1 Å². The maximum absolute atomic E-state index is 12.8. The molecule has 1 aromatic heterocycles. The highest BCUT2D eigenvalue weighted by Crippen LogP contribution is 2.34. The van der Waals surface area contributed by atoms with Crippen LogP contribution in [0.2, 0.25) is 0 Å². The molecule has 10 heteroatoms. The Bertz CT molecular complexity index is 714. The number of anilines is 2. The number of hydrogen-bond donors (Lipinski definition) is 3. The minimum absolute atomic E-state index is 0.0378. The number of nitrogens with zero attached hydrogens (tertiary/aromatic N) is 1. The van der Waals surface area contributed by atoms with E-state index in [4.69, 9.17) is 5.73 Å². The highest BCUT2D eigenvalue weighted by Gasteiger charge is 2.33. The molecule has 6 nitrogen and oxygen atoms in total. The molecule has 0 bridgehead atoms. The number of nitrogens with two attached hydrogens (primary N) is 1. The first-order chi connectivity index (χ1) is 10.3. The van der Waals surface area contributed by atoms with E-state index in [2.05, 4.69) is 15.6 Å². The summed E-state index contributed by atoms with van der Waals surface area (Å²) in [7, 11) is 0. The van der Waals surface area contributed by atoms with Crippen LogP contribution >= 0.6 is 11.3 Å². The van der Waals surface area contributed by atoms with Crippen LogP contribution in [0, 0.1) is 0 Å². The number of halogens is 3. The fourth-order valence-electron chi connectivity index (χ4n) is 1.53. The Kier molecular flexibility index (Phi) is 4.31. The zero-order chi connectivity index (χ0) is 16.3. The third-order valence-electron chi connectivity index (χ3n) is 2.46. The van der Waals surface area contributed by atoms with Crippen molar-refractivity contribution in [3.05, 3.63) is 40.9 Å². The molecule has 1 aromatic carbocycles. The van der Waals surface area contributed by atoms with E-state index in [0.29, 0.717) is 0 Å². The number of carbonyl (C=O) groups is 2. The molecule has 0 spiro atoms. The van der Waals surface area contributed by atoms with Crippen LogP contribution in [0.4, 0.5) is 28.8 Å². The first kappa shape index (κ1) is 15.8. The maximum Gasteiger partial charge on any atom is 0.418 e. The van der Waals surface area contributed by atoms with Gasteiger partial charge in [0.1, 0.15) is 5.69 Å². The van der Waals surface area contributed by atoms with E-state index < -0.39 is 23.7 Å². The highest BCUT2D eigenvalue weighted by atomic mass is 32.1. The molecule has 0 aliphatic rings. The minimum atomic E-state index is -4.59. The summed E-state index contributed by atoms with van der Waals surface area (Å²) in [5.41, 5.74) is 3.60. The van der Waals surface area contributed by atoms with Gasteiger partial charge in [0.25, 0.3) is 5.91 Å². The molecule has 0 atom stereocenters. The van der Waals surface area contributed by atoms with E-state index >= 15 is 0 Å². The Balaban J connectivity index is 2.11. The summed E-state index contributed by atoms with van der Waals surface area (Å²) in [5.74, 6) is -0.771. The molecular formula is C12H9F3N4O2S. The molecule has 0 saturated heterocycles. The van der Waals surface area contributed by atoms with Crippen molar-refractivity contribution in [2.75, 3.05) is 10.6 Å². The van der Waals surface area contributed by atoms with E-state index in [1.165, 1.54) is 17.5 Å². The monoisotopic (exact) mass is 330 g/mol. The molecule has 0 saturated carbocycles. The van der Waals surface area contributed by atoms with Gasteiger partial charge in [-0.1, -0.05) is 12.1 Å². The van der Waals surface area contributed by atoms with Crippen LogP contribution in [-0.2, 0) is 6.18 Å². The quantitative estimate of drug-likeness (QED) is 0.807. The molecule has 22 heavy (non-hydrogen) atoms. The van der Waals surface area contributed by atoms with Gasteiger partial charge in [-0.3, -0.25) is 10.1 Å². The molecule has 0 unspecified atom stereocenters. The predicted octanol–water partition coefficient (Wildman–Crippen LogP) is 2.90. The van der Waals surface area contributed by atoms with E-state index in [9.17, 15) is 22.8 Å². The standard InChI is InChI=1S/C12H9F3N4O2S/c13-12(14,15)6-3-1-2-4-7(6)17-10(21)19-11-18-8(5-22-11)9(16)20/h1-5H,(H2,16,20)(H2,17,18,19,21). The van der Waals surface area contributed by atoms with Crippen LogP contribution in [0.3, 0.4) is 0 Å². The molecule has 0 radical (unpaired) electrons. The average molecular weight is 330 g/mol. The number of para-hydroxylation sites is 1. The number of carbonyl (C=O) groups excluding carboxylic acids is 2. The zero-order valence-corrected chi connectivity index (χ0v) is 11.6. The van der Waals surface area contributed by atoms with Crippen molar-refractivity contribution in [2.45, 2.75) is 6.18 Å². The molecular weight excluding hydrogens is 321 g/mol. The maximum atomic E-state index is 12.8. The van der Waals surface area contributed by atoms with Crippen molar-refractivity contribution in [3.8, 4) is 0 Å². The Labute approximate surface area is 126 Å². The number of alkyl halides is 3. The summed E-state index contributed by atoms with van der Waals surface area (Å²) in [6, 6.07) is 3.64. The fourth-order valence-corrected chi connectivity index (χ4v) is 2.23. The van der Waals surface area contributed by atoms with Gasteiger partial charge in [0.15, 0.2) is 5.13 Å². The van der Waals surface area contributed by atoms with Crippen LogP contribution in [0.25, 0.3) is 0 Å². The van der Waals surface area contributed by atoms with Gasteiger partial charge in [0.2, 0.25) is 0 Å². The zero-order valence-electron chi connectivity index (χ0n) is 10.8. The summed E-state index contributed by atoms with van der Waals surface area (Å²) in [6.07, 6.45) is -4.59. The number of benzene rings is 1. The number of primary amides is 1. The van der Waals surface area contributed by atoms with Crippen molar-refractivity contribution in [2.24, 2.45) is 5.73 Å². The van der Waals surface area contributed by atoms with Gasteiger partial charge >= 0.3 is 12.2 Å². The molecule has 0 fully saturated rings. The van der Waals surface area contributed by atoms with Gasteiger partial charge in [0, 0.05) is 5.38 Å². The Morgan fingerprint density at radius 2 is 1.86 bits per heavy atom. The highest BCUT2D eigenvalue weighted by molar-refractivity contribution is 7.14. The molecule has 3 amide bonds. The van der Waals surface area contributed by atoms with Crippen molar-refractivity contribution < 1.29 is 22.8 Å². The first-order valence-corrected chi connectivity index (χ1v) is 6.65. The first-order valence-electron chi connectivity index (χ1n) is 5.77. The molecule has 2 aromatic rings. The third-order valence-corrected chi connectivity index (χ3v) is 3.22. The van der Waals surface area contributed by atoms with Crippen LogP contribution in [0.5, 0.6) is 0 Å². The van der Waals surface area contributed by atoms with Gasteiger partial charge in [-0.2, -0.15) is 13.2 Å². The summed E-state index contributed by atoms with van der Waals surface area (Å²) in [5, 5.41) is 5.67. The largest absolute Gasteiger partial charge is 0.418 e. The Hall–Kier alpha value is -2.62. The number of nitrogens with one attached hydrogen (secondary N) is 2. The molecule has 0 aliphatic carbocycles. The van der Waals surface area contributed by atoms with Crippen LogP contribution in [0.1, 0.15) is 16.1 Å². The van der Waals surface area contributed by atoms with E-state index in [-0.39, 0.29) is 16.5 Å². The summed E-state index contributed by atoms with van der Waals surface area (Å²) in [6.45, 7) is 0. The number of hydrogen-bond acceptors (Lipinski definition) is 4. The number of aromatic nitrogens is 1. The molecule has 1 heterocycles. The number of rotatable bonds is 3. The Morgan fingerprint density at radius 3 is 2.45 bits per heavy atom. The SMILES string of the molecule is NC(=O)c1csc(NC(=O)Nc2ccccc2C(F)(F)F)n1. The average Bonchev–Trinajstić information content (AvgIpc) is 2.86. The lowest BCUT2D eigenvalue weighted by atomic mass is 10.1. The Morgan fingerprint density at radius 1 is 1.18 bits per heavy atom. The van der Waals surface area contributed by atoms with Crippen LogP contribution in [-0.4, -0.2) is 16.9 Å². The predicted molar refractivity (Wildman–Crippen MR) is 74.7 cm³/mol. The van der Waals surface area contributed by atoms with Gasteiger partial charge in [-0.15, -0.1) is 11.3 Å². The molecule has 2 rings (SSSR count). The van der Waals surface area contributed by atoms with Gasteiger partial charge in [-0.05, 0) is 12.1 Å². The topological polar surface area (TPSA) is 97.1 Å². The van der Waals surface area contributed by atoms with Crippen molar-refractivity contribution in [3.63, 3.8) is 0 Å². The second-order valence-electron chi connectivity index (χ2n) is 4.02. The number of urea groups is 1. The lowest BCUT2D eigenvalue weighted by Crippen LogP contribution is -2.22. The lowest BCUT2D eigenvalue weighted by molar-refractivity contribution is -0.136. The second-order valence-corrected chi connectivity index (χ2v) is 4.88. The van der Waals surface area contributed by atoms with Crippen molar-refractivity contribution >= 4 is 34.1 Å². The molecule has 116 valence electrons. The van der Waals surface area contributed by atoms with Crippen LogP contribution < -0.4 is 16.4 Å². The molecule has 0 aliphatic heterocycles. The van der Waals surface area contributed by atoms with E-state index in [1.807, 2.05) is 0 Å². The number of thiazole rings is 1.